The lowest BCUT2D eigenvalue weighted by Gasteiger charge is -2.24. The molecule has 1 aromatic carbocycles. The Bertz CT molecular complexity index is 1340. The Hall–Kier alpha value is -2.91. The van der Waals surface area contributed by atoms with Gasteiger partial charge in [-0.2, -0.15) is 0 Å². The molecule has 0 bridgehead atoms. The largest absolute Gasteiger partial charge is 0.444 e. The van der Waals surface area contributed by atoms with Crippen molar-refractivity contribution >= 4 is 29.5 Å². The summed E-state index contributed by atoms with van der Waals surface area (Å²) in [6.45, 7) is 6.99. The Balaban J connectivity index is 1.68. The third kappa shape index (κ3) is 6.07. The summed E-state index contributed by atoms with van der Waals surface area (Å²) in [5.74, 6) is -0.466. The molecule has 0 spiro atoms. The van der Waals surface area contributed by atoms with Crippen LogP contribution in [-0.2, 0) is 11.3 Å². The van der Waals surface area contributed by atoms with E-state index in [1.54, 1.807) is 34.0 Å². The first kappa shape index (κ1) is 26.2. The van der Waals surface area contributed by atoms with Crippen LogP contribution in [0.4, 0.5) is 9.18 Å². The molecule has 0 N–H and O–H groups in total. The average molecular weight is 531 g/mol. The molecular weight excluding hydrogens is 503 g/mol. The number of benzene rings is 1. The molecule has 3 heterocycles. The number of halogens is 2. The Morgan fingerprint density at radius 1 is 1.25 bits per heavy atom. The molecule has 0 aliphatic carbocycles. The van der Waals surface area contributed by atoms with Crippen LogP contribution in [0.3, 0.4) is 0 Å². The van der Waals surface area contributed by atoms with Crippen LogP contribution < -0.4 is 5.56 Å². The van der Waals surface area contributed by atoms with Gasteiger partial charge in [-0.15, -0.1) is 0 Å². The molecule has 190 valence electrons. The number of pyridine rings is 1. The molecule has 1 saturated heterocycles. The lowest BCUT2D eigenvalue weighted by molar-refractivity contribution is 0.0287. The fourth-order valence-electron chi connectivity index (χ4n) is 4.16. The molecule has 2 aromatic heterocycles. The number of hydrogen-bond acceptors (Lipinski definition) is 6. The van der Waals surface area contributed by atoms with Crippen molar-refractivity contribution < 1.29 is 13.9 Å². The molecule has 10 heteroatoms. The number of nitrogens with zero attached hydrogens (tertiary/aromatic N) is 4. The number of ether oxygens (including phenoxy) is 1. The summed E-state index contributed by atoms with van der Waals surface area (Å²) in [6, 6.07) is 7.82. The maximum Gasteiger partial charge on any atom is 0.410 e. The molecule has 1 aliphatic heterocycles. The van der Waals surface area contributed by atoms with E-state index in [0.717, 1.165) is 6.42 Å². The Morgan fingerprint density at radius 2 is 2.03 bits per heavy atom. The number of thioether (sulfide) groups is 1. The Morgan fingerprint density at radius 3 is 2.72 bits per heavy atom. The normalized spacial score (nSPS) is 15.8. The number of aromatic nitrogens is 3. The summed E-state index contributed by atoms with van der Waals surface area (Å²) in [7, 11) is 0. The minimum atomic E-state index is -0.568. The number of likely N-dealkylation sites (tertiary alicyclic amines) is 1. The molecule has 1 fully saturated rings. The van der Waals surface area contributed by atoms with Gasteiger partial charge in [0.15, 0.2) is 5.16 Å². The predicted molar refractivity (Wildman–Crippen MR) is 140 cm³/mol. The van der Waals surface area contributed by atoms with E-state index in [-0.39, 0.29) is 22.6 Å². The fraction of sp³-hybridized carbons (Fsp3) is 0.385. The summed E-state index contributed by atoms with van der Waals surface area (Å²) in [4.78, 5) is 36.1. The zero-order valence-electron chi connectivity index (χ0n) is 20.6. The van der Waals surface area contributed by atoms with Crippen molar-refractivity contribution in [3.8, 4) is 22.4 Å². The quantitative estimate of drug-likeness (QED) is 0.309. The second kappa shape index (κ2) is 10.6. The standard InChI is InChI=1S/C26H28ClFN4O3S/c1-26(2,3)35-25(34)31-10-8-16(13-31)14-32-15-19(17-5-6-20(27)21(28)11-17)18(12-23(32)33)22-7-9-29-24(30-22)36-4/h5-7,9,11-12,15-16H,8,10,13-14H2,1-4H3/t16-/m0/s1. The lowest BCUT2D eigenvalue weighted by Crippen LogP contribution is -2.35. The molecule has 0 unspecified atom stereocenters. The first-order chi connectivity index (χ1) is 17.0. The van der Waals surface area contributed by atoms with Crippen molar-refractivity contribution in [3.05, 3.63) is 63.9 Å². The minimum absolute atomic E-state index is 0.0218. The molecule has 1 amide bonds. The maximum atomic E-state index is 14.4. The molecule has 4 rings (SSSR count). The van der Waals surface area contributed by atoms with Gasteiger partial charge in [0, 0.05) is 49.2 Å². The highest BCUT2D eigenvalue weighted by Crippen LogP contribution is 2.33. The topological polar surface area (TPSA) is 77.3 Å². The number of rotatable bonds is 5. The van der Waals surface area contributed by atoms with Crippen molar-refractivity contribution in [3.63, 3.8) is 0 Å². The summed E-state index contributed by atoms with van der Waals surface area (Å²) in [5.41, 5.74) is 1.60. The van der Waals surface area contributed by atoms with E-state index in [9.17, 15) is 14.0 Å². The smallest absolute Gasteiger partial charge is 0.410 e. The van der Waals surface area contributed by atoms with E-state index in [1.807, 2.05) is 27.0 Å². The van der Waals surface area contributed by atoms with Crippen molar-refractivity contribution in [2.45, 2.75) is 44.5 Å². The van der Waals surface area contributed by atoms with E-state index in [1.165, 1.54) is 30.0 Å². The van der Waals surface area contributed by atoms with Gasteiger partial charge in [0.2, 0.25) is 0 Å². The highest BCUT2D eigenvalue weighted by molar-refractivity contribution is 7.98. The van der Waals surface area contributed by atoms with Gasteiger partial charge in [0.1, 0.15) is 11.4 Å². The molecule has 1 aliphatic rings. The van der Waals surface area contributed by atoms with Crippen LogP contribution in [0.1, 0.15) is 27.2 Å². The fourth-order valence-corrected chi connectivity index (χ4v) is 4.64. The summed E-state index contributed by atoms with van der Waals surface area (Å²) < 4.78 is 21.5. The summed E-state index contributed by atoms with van der Waals surface area (Å²) in [5, 5.41) is 0.589. The number of carbonyl (C=O) groups excluding carboxylic acids is 1. The molecule has 3 aromatic rings. The van der Waals surface area contributed by atoms with E-state index >= 15 is 0 Å². The van der Waals surface area contributed by atoms with Crippen LogP contribution in [0.15, 0.2) is 52.7 Å². The van der Waals surface area contributed by atoms with Crippen molar-refractivity contribution in [1.29, 1.82) is 0 Å². The van der Waals surface area contributed by atoms with Gasteiger partial charge in [0.05, 0.1) is 10.7 Å². The zero-order valence-corrected chi connectivity index (χ0v) is 22.2. The second-order valence-electron chi connectivity index (χ2n) is 9.73. The van der Waals surface area contributed by atoms with Crippen LogP contribution in [0, 0.1) is 11.7 Å². The summed E-state index contributed by atoms with van der Waals surface area (Å²) >= 11 is 7.31. The molecule has 0 radical (unpaired) electrons. The van der Waals surface area contributed by atoms with Crippen LogP contribution in [0.2, 0.25) is 5.02 Å². The van der Waals surface area contributed by atoms with Gasteiger partial charge in [-0.05, 0) is 63.1 Å². The van der Waals surface area contributed by atoms with E-state index < -0.39 is 11.4 Å². The van der Waals surface area contributed by atoms with Gasteiger partial charge in [-0.25, -0.2) is 19.2 Å². The van der Waals surface area contributed by atoms with Gasteiger partial charge in [-0.3, -0.25) is 4.79 Å². The van der Waals surface area contributed by atoms with E-state index in [4.69, 9.17) is 16.3 Å². The Labute approximate surface area is 218 Å². The van der Waals surface area contributed by atoms with Crippen LogP contribution in [0.5, 0.6) is 0 Å². The van der Waals surface area contributed by atoms with Gasteiger partial charge >= 0.3 is 6.09 Å². The van der Waals surface area contributed by atoms with Gasteiger partial charge in [-0.1, -0.05) is 29.4 Å². The van der Waals surface area contributed by atoms with Gasteiger partial charge in [0.25, 0.3) is 5.56 Å². The molecule has 0 saturated carbocycles. The number of amides is 1. The molecule has 36 heavy (non-hydrogen) atoms. The highest BCUT2D eigenvalue weighted by atomic mass is 35.5. The minimum Gasteiger partial charge on any atom is -0.444 e. The zero-order chi connectivity index (χ0) is 26.0. The van der Waals surface area contributed by atoms with Gasteiger partial charge < -0.3 is 14.2 Å². The first-order valence-electron chi connectivity index (χ1n) is 11.6. The van der Waals surface area contributed by atoms with Crippen LogP contribution >= 0.6 is 23.4 Å². The highest BCUT2D eigenvalue weighted by Gasteiger charge is 2.30. The number of carbonyl (C=O) groups is 1. The lowest BCUT2D eigenvalue weighted by atomic mass is 9.99. The molecule has 7 nitrogen and oxygen atoms in total. The maximum absolute atomic E-state index is 14.4. The SMILES string of the molecule is CSc1nccc(-c2cc(=O)n(C[C@H]3CCN(C(=O)OC(C)(C)C)C3)cc2-c2ccc(Cl)c(F)c2)n1. The average Bonchev–Trinajstić information content (AvgIpc) is 3.30. The predicted octanol–water partition coefficient (Wildman–Crippen LogP) is 5.74. The van der Waals surface area contributed by atoms with Crippen molar-refractivity contribution in [2.24, 2.45) is 5.92 Å². The second-order valence-corrected chi connectivity index (χ2v) is 10.9. The molecular formula is C26H28ClFN4O3S. The summed E-state index contributed by atoms with van der Waals surface area (Å²) in [6.07, 6.45) is 5.64. The monoisotopic (exact) mass is 530 g/mol. The number of hydrogen-bond donors (Lipinski definition) is 0. The van der Waals surface area contributed by atoms with Crippen molar-refractivity contribution in [2.75, 3.05) is 19.3 Å². The van der Waals surface area contributed by atoms with Crippen LogP contribution in [0.25, 0.3) is 22.4 Å². The third-order valence-electron chi connectivity index (χ3n) is 5.84. The molecule has 1 atom stereocenters. The van der Waals surface area contributed by atoms with E-state index in [0.29, 0.717) is 47.2 Å². The third-order valence-corrected chi connectivity index (χ3v) is 6.71. The van der Waals surface area contributed by atoms with E-state index in [2.05, 4.69) is 9.97 Å². The van der Waals surface area contributed by atoms with Crippen molar-refractivity contribution in [1.82, 2.24) is 19.4 Å². The Kier molecular flexibility index (Phi) is 7.70. The van der Waals surface area contributed by atoms with Crippen LogP contribution in [-0.4, -0.2) is 50.5 Å². The first-order valence-corrected chi connectivity index (χ1v) is 13.2.